The molecule has 0 radical (unpaired) electrons. The summed E-state index contributed by atoms with van der Waals surface area (Å²) in [7, 11) is 0. The molecule has 4 nitrogen and oxygen atoms in total. The third-order valence-electron chi connectivity index (χ3n) is 3.44. The molecule has 0 aliphatic rings. The Balaban J connectivity index is 2.01. The second-order valence-electron chi connectivity index (χ2n) is 5.48. The van der Waals surface area contributed by atoms with Crippen molar-refractivity contribution in [2.24, 2.45) is 0 Å². The molecule has 0 spiro atoms. The number of rotatable bonds is 6. The highest BCUT2D eigenvalue weighted by Gasteiger charge is 2.17. The van der Waals surface area contributed by atoms with Crippen LogP contribution in [-0.4, -0.2) is 23.7 Å². The normalized spacial score (nSPS) is 11.7. The molecule has 0 saturated heterocycles. The number of amides is 1. The van der Waals surface area contributed by atoms with Gasteiger partial charge in [0.25, 0.3) is 0 Å². The lowest BCUT2D eigenvalue weighted by Crippen LogP contribution is -2.22. The van der Waals surface area contributed by atoms with E-state index in [1.165, 1.54) is 23.4 Å². The standard InChI is InChI=1S/C19H20ClNO3S/c1-4-24-19(23)14-7-10-17(16(20)11-14)21-18(22)13(3)25-15-8-5-12(2)6-9-15/h5-11,13H,4H2,1-3H3,(H,21,22). The van der Waals surface area contributed by atoms with Gasteiger partial charge in [0.15, 0.2) is 0 Å². The van der Waals surface area contributed by atoms with Crippen LogP contribution >= 0.6 is 23.4 Å². The zero-order chi connectivity index (χ0) is 18.4. The zero-order valence-electron chi connectivity index (χ0n) is 14.3. The Morgan fingerprint density at radius 1 is 1.20 bits per heavy atom. The highest BCUT2D eigenvalue weighted by Crippen LogP contribution is 2.27. The Kier molecular flexibility index (Phi) is 6.91. The van der Waals surface area contributed by atoms with Gasteiger partial charge in [-0.05, 0) is 51.1 Å². The van der Waals surface area contributed by atoms with Crippen molar-refractivity contribution in [1.82, 2.24) is 0 Å². The summed E-state index contributed by atoms with van der Waals surface area (Å²) in [6, 6.07) is 12.7. The monoisotopic (exact) mass is 377 g/mol. The minimum atomic E-state index is -0.439. The number of aryl methyl sites for hydroxylation is 1. The van der Waals surface area contributed by atoms with Gasteiger partial charge in [0.05, 0.1) is 28.1 Å². The van der Waals surface area contributed by atoms with Crippen LogP contribution < -0.4 is 5.32 Å². The molecule has 1 N–H and O–H groups in total. The van der Waals surface area contributed by atoms with Crippen molar-refractivity contribution in [3.63, 3.8) is 0 Å². The van der Waals surface area contributed by atoms with Gasteiger partial charge in [-0.15, -0.1) is 11.8 Å². The third-order valence-corrected chi connectivity index (χ3v) is 4.87. The topological polar surface area (TPSA) is 55.4 Å². The number of halogens is 1. The van der Waals surface area contributed by atoms with Gasteiger partial charge < -0.3 is 10.1 Å². The largest absolute Gasteiger partial charge is 0.462 e. The SMILES string of the molecule is CCOC(=O)c1ccc(NC(=O)C(C)Sc2ccc(C)cc2)c(Cl)c1. The van der Waals surface area contributed by atoms with Crippen LogP contribution in [0.3, 0.4) is 0 Å². The maximum absolute atomic E-state index is 12.4. The molecule has 2 aromatic carbocycles. The van der Waals surface area contributed by atoms with Gasteiger partial charge in [-0.25, -0.2) is 4.79 Å². The first kappa shape index (κ1) is 19.3. The van der Waals surface area contributed by atoms with Crippen molar-refractivity contribution in [2.45, 2.75) is 30.9 Å². The molecule has 2 rings (SSSR count). The number of nitrogens with one attached hydrogen (secondary N) is 1. The van der Waals surface area contributed by atoms with Gasteiger partial charge in [-0.3, -0.25) is 4.79 Å². The van der Waals surface area contributed by atoms with E-state index in [0.29, 0.717) is 22.9 Å². The first-order valence-electron chi connectivity index (χ1n) is 7.91. The number of hydrogen-bond donors (Lipinski definition) is 1. The summed E-state index contributed by atoms with van der Waals surface area (Å²) in [5.74, 6) is -0.595. The van der Waals surface area contributed by atoms with Crippen LogP contribution in [0.5, 0.6) is 0 Å². The number of carbonyl (C=O) groups excluding carboxylic acids is 2. The molecule has 0 bridgehead atoms. The van der Waals surface area contributed by atoms with E-state index < -0.39 is 5.97 Å². The van der Waals surface area contributed by atoms with Crippen LogP contribution in [0.4, 0.5) is 5.69 Å². The molecule has 0 heterocycles. The van der Waals surface area contributed by atoms with E-state index in [1.54, 1.807) is 19.1 Å². The molecular weight excluding hydrogens is 358 g/mol. The lowest BCUT2D eigenvalue weighted by Gasteiger charge is -2.13. The molecule has 1 amide bonds. The molecule has 0 aromatic heterocycles. The van der Waals surface area contributed by atoms with E-state index in [-0.39, 0.29) is 11.2 Å². The van der Waals surface area contributed by atoms with Crippen molar-refractivity contribution in [2.75, 3.05) is 11.9 Å². The van der Waals surface area contributed by atoms with Crippen molar-refractivity contribution in [1.29, 1.82) is 0 Å². The van der Waals surface area contributed by atoms with E-state index >= 15 is 0 Å². The van der Waals surface area contributed by atoms with Gasteiger partial charge in [0.2, 0.25) is 5.91 Å². The Morgan fingerprint density at radius 3 is 2.48 bits per heavy atom. The Hall–Kier alpha value is -1.98. The fourth-order valence-electron chi connectivity index (χ4n) is 2.07. The number of thioether (sulfide) groups is 1. The number of carbonyl (C=O) groups is 2. The maximum Gasteiger partial charge on any atom is 0.338 e. The average molecular weight is 378 g/mol. The predicted octanol–water partition coefficient (Wildman–Crippen LogP) is 4.94. The van der Waals surface area contributed by atoms with Crippen LogP contribution in [0.1, 0.15) is 29.8 Å². The molecule has 0 aliphatic carbocycles. The molecule has 6 heteroatoms. The number of ether oxygens (including phenoxy) is 1. The smallest absolute Gasteiger partial charge is 0.338 e. The Labute approximate surface area is 156 Å². The Bertz CT molecular complexity index is 762. The average Bonchev–Trinajstić information content (AvgIpc) is 2.58. The summed E-state index contributed by atoms with van der Waals surface area (Å²) < 4.78 is 4.93. The number of anilines is 1. The molecule has 0 saturated carbocycles. The molecule has 0 fully saturated rings. The van der Waals surface area contributed by atoms with Crippen molar-refractivity contribution in [3.8, 4) is 0 Å². The first-order chi connectivity index (χ1) is 11.9. The lowest BCUT2D eigenvalue weighted by molar-refractivity contribution is -0.115. The minimum absolute atomic E-state index is 0.156. The van der Waals surface area contributed by atoms with Crippen LogP contribution in [-0.2, 0) is 9.53 Å². The van der Waals surface area contributed by atoms with Crippen molar-refractivity contribution in [3.05, 3.63) is 58.6 Å². The maximum atomic E-state index is 12.4. The number of esters is 1. The fourth-order valence-corrected chi connectivity index (χ4v) is 3.16. The second-order valence-corrected chi connectivity index (χ2v) is 7.30. The summed E-state index contributed by atoms with van der Waals surface area (Å²) >= 11 is 7.64. The molecule has 132 valence electrons. The summed E-state index contributed by atoms with van der Waals surface area (Å²) in [6.45, 7) is 5.89. The molecule has 1 atom stereocenters. The highest BCUT2D eigenvalue weighted by atomic mass is 35.5. The van der Waals surface area contributed by atoms with Gasteiger partial charge in [-0.1, -0.05) is 29.3 Å². The Morgan fingerprint density at radius 2 is 1.88 bits per heavy atom. The second kappa shape index (κ2) is 8.92. The van der Waals surface area contributed by atoms with Crippen LogP contribution in [0.2, 0.25) is 5.02 Å². The molecular formula is C19H20ClNO3S. The molecule has 2 aromatic rings. The van der Waals surface area contributed by atoms with Gasteiger partial charge in [0.1, 0.15) is 0 Å². The van der Waals surface area contributed by atoms with E-state index in [9.17, 15) is 9.59 Å². The summed E-state index contributed by atoms with van der Waals surface area (Å²) in [5, 5.41) is 2.81. The van der Waals surface area contributed by atoms with Crippen molar-refractivity contribution < 1.29 is 14.3 Å². The zero-order valence-corrected chi connectivity index (χ0v) is 15.9. The molecule has 25 heavy (non-hydrogen) atoms. The van der Waals surface area contributed by atoms with E-state index in [4.69, 9.17) is 16.3 Å². The summed E-state index contributed by atoms with van der Waals surface area (Å²) in [6.07, 6.45) is 0. The highest BCUT2D eigenvalue weighted by molar-refractivity contribution is 8.00. The first-order valence-corrected chi connectivity index (χ1v) is 9.17. The summed E-state index contributed by atoms with van der Waals surface area (Å²) in [5.41, 5.74) is 2.00. The predicted molar refractivity (Wildman–Crippen MR) is 103 cm³/mol. The van der Waals surface area contributed by atoms with Gasteiger partial charge in [-0.2, -0.15) is 0 Å². The lowest BCUT2D eigenvalue weighted by atomic mass is 10.2. The van der Waals surface area contributed by atoms with E-state index in [1.807, 2.05) is 38.1 Å². The van der Waals surface area contributed by atoms with Crippen LogP contribution in [0, 0.1) is 6.92 Å². The molecule has 0 aliphatic heterocycles. The fraction of sp³-hybridized carbons (Fsp3) is 0.263. The number of hydrogen-bond acceptors (Lipinski definition) is 4. The number of benzene rings is 2. The van der Waals surface area contributed by atoms with Crippen LogP contribution in [0.25, 0.3) is 0 Å². The third kappa shape index (κ3) is 5.51. The minimum Gasteiger partial charge on any atom is -0.462 e. The molecule has 1 unspecified atom stereocenters. The quantitative estimate of drug-likeness (QED) is 0.572. The van der Waals surface area contributed by atoms with Crippen molar-refractivity contribution >= 4 is 40.9 Å². The summed E-state index contributed by atoms with van der Waals surface area (Å²) in [4.78, 5) is 25.1. The van der Waals surface area contributed by atoms with Gasteiger partial charge >= 0.3 is 5.97 Å². The van der Waals surface area contributed by atoms with E-state index in [2.05, 4.69) is 5.32 Å². The van der Waals surface area contributed by atoms with Crippen LogP contribution in [0.15, 0.2) is 47.4 Å². The van der Waals surface area contributed by atoms with E-state index in [0.717, 1.165) is 4.90 Å². The van der Waals surface area contributed by atoms with Gasteiger partial charge in [0, 0.05) is 4.90 Å².